The van der Waals surface area contributed by atoms with Gasteiger partial charge < -0.3 is 4.74 Å². The summed E-state index contributed by atoms with van der Waals surface area (Å²) in [7, 11) is -3.27. The minimum absolute atomic E-state index is 0.0394. The highest BCUT2D eigenvalue weighted by atomic mass is 79.9. The Kier molecular flexibility index (Phi) is 5.95. The van der Waals surface area contributed by atoms with Crippen molar-refractivity contribution in [3.8, 4) is 0 Å². The number of nitrogens with zero attached hydrogens (tertiary/aromatic N) is 1. The Balaban J connectivity index is 1.58. The summed E-state index contributed by atoms with van der Waals surface area (Å²) >= 11 is 3.47. The van der Waals surface area contributed by atoms with Gasteiger partial charge in [-0.15, -0.1) is 0 Å². The van der Waals surface area contributed by atoms with Gasteiger partial charge in [-0.1, -0.05) is 66.2 Å². The second-order valence-corrected chi connectivity index (χ2v) is 11.7. The summed E-state index contributed by atoms with van der Waals surface area (Å²) in [5, 5.41) is 0. The molecule has 0 unspecified atom stereocenters. The zero-order valence-corrected chi connectivity index (χ0v) is 19.5. The van der Waals surface area contributed by atoms with Gasteiger partial charge in [0, 0.05) is 16.9 Å². The van der Waals surface area contributed by atoms with Crippen molar-refractivity contribution < 1.29 is 17.9 Å². The molecule has 2 fully saturated rings. The maximum atomic E-state index is 12.7. The van der Waals surface area contributed by atoms with Crippen molar-refractivity contribution in [1.82, 2.24) is 4.90 Å². The van der Waals surface area contributed by atoms with E-state index >= 15 is 0 Å². The number of halogens is 1. The minimum Gasteiger partial charge on any atom is -0.444 e. The number of sulfone groups is 1. The normalized spacial score (nSPS) is 25.3. The fourth-order valence-corrected chi connectivity index (χ4v) is 6.92. The molecule has 0 aliphatic carbocycles. The van der Waals surface area contributed by atoms with Crippen LogP contribution in [0.15, 0.2) is 53.0 Å². The molecule has 2 aromatic carbocycles. The maximum Gasteiger partial charge on any atom is 0.410 e. The number of benzene rings is 2. The Hall–Kier alpha value is -1.86. The van der Waals surface area contributed by atoms with Crippen LogP contribution in [0.2, 0.25) is 0 Å². The summed E-state index contributed by atoms with van der Waals surface area (Å²) in [5.41, 5.74) is 3.22. The summed E-state index contributed by atoms with van der Waals surface area (Å²) in [5.74, 6) is 0.138. The first-order chi connectivity index (χ1) is 14.2. The number of amides is 1. The molecule has 2 aromatic rings. The predicted octanol–water partition coefficient (Wildman–Crippen LogP) is 4.55. The van der Waals surface area contributed by atoms with Crippen LogP contribution in [-0.2, 0) is 27.5 Å². The van der Waals surface area contributed by atoms with Crippen LogP contribution >= 0.6 is 15.9 Å². The average Bonchev–Trinajstić information content (AvgIpc) is 2.97. The SMILES string of the molecule is CC(C)c1cccc(CN2C(=O)O[C@H]3[C@H](Cc4cccc(Br)c4)CS(=O)(=O)C[C@@H]32)c1. The molecule has 3 atom stereocenters. The molecule has 2 heterocycles. The standard InChI is InChI=1S/C23H26BrNO4S/c1-15(2)18-7-3-6-17(10-18)12-25-21-14-30(27,28)13-19(22(21)29-23(25)26)9-16-5-4-8-20(24)11-16/h3-8,10-11,15,19,21-22H,9,12-14H2,1-2H3/t19-,21+,22+/m1/s1. The predicted molar refractivity (Wildman–Crippen MR) is 120 cm³/mol. The van der Waals surface area contributed by atoms with E-state index in [1.807, 2.05) is 36.4 Å². The minimum atomic E-state index is -3.27. The van der Waals surface area contributed by atoms with E-state index in [0.717, 1.165) is 15.6 Å². The van der Waals surface area contributed by atoms with Crippen molar-refractivity contribution in [1.29, 1.82) is 0 Å². The van der Waals surface area contributed by atoms with Gasteiger partial charge in [0.15, 0.2) is 9.84 Å². The third-order valence-corrected chi connectivity index (χ3v) is 8.24. The van der Waals surface area contributed by atoms with E-state index in [9.17, 15) is 13.2 Å². The smallest absolute Gasteiger partial charge is 0.410 e. The molecule has 0 spiro atoms. The number of carbonyl (C=O) groups is 1. The summed E-state index contributed by atoms with van der Waals surface area (Å²) in [6.45, 7) is 4.61. The van der Waals surface area contributed by atoms with Crippen molar-refractivity contribution in [3.63, 3.8) is 0 Å². The lowest BCUT2D eigenvalue weighted by Crippen LogP contribution is -2.51. The third-order valence-electron chi connectivity index (χ3n) is 5.97. The van der Waals surface area contributed by atoms with Gasteiger partial charge >= 0.3 is 6.09 Å². The van der Waals surface area contributed by atoms with Crippen molar-refractivity contribution in [3.05, 3.63) is 69.7 Å². The van der Waals surface area contributed by atoms with E-state index in [1.54, 1.807) is 4.90 Å². The Labute approximate surface area is 186 Å². The Morgan fingerprint density at radius 2 is 1.83 bits per heavy atom. The van der Waals surface area contributed by atoms with Crippen LogP contribution in [0.1, 0.15) is 36.5 Å². The molecule has 30 heavy (non-hydrogen) atoms. The van der Waals surface area contributed by atoms with Crippen molar-refractivity contribution in [2.24, 2.45) is 5.92 Å². The molecular weight excluding hydrogens is 466 g/mol. The number of hydrogen-bond acceptors (Lipinski definition) is 4. The first-order valence-corrected chi connectivity index (χ1v) is 12.8. The molecule has 1 amide bonds. The molecule has 4 rings (SSSR count). The molecule has 0 saturated carbocycles. The molecule has 0 N–H and O–H groups in total. The zero-order valence-electron chi connectivity index (χ0n) is 17.1. The summed E-state index contributed by atoms with van der Waals surface area (Å²) < 4.78 is 32.1. The highest BCUT2D eigenvalue weighted by Gasteiger charge is 2.51. The Morgan fingerprint density at radius 3 is 2.57 bits per heavy atom. The second kappa shape index (κ2) is 8.35. The van der Waals surface area contributed by atoms with Gasteiger partial charge in [-0.2, -0.15) is 0 Å². The quantitative estimate of drug-likeness (QED) is 0.615. The fraction of sp³-hybridized carbons (Fsp3) is 0.435. The zero-order chi connectivity index (χ0) is 21.5. The lowest BCUT2D eigenvalue weighted by molar-refractivity contribution is 0.0970. The van der Waals surface area contributed by atoms with E-state index in [0.29, 0.717) is 18.9 Å². The summed E-state index contributed by atoms with van der Waals surface area (Å²) in [6.07, 6.45) is -0.270. The first-order valence-electron chi connectivity index (χ1n) is 10.2. The van der Waals surface area contributed by atoms with Crippen LogP contribution in [0.3, 0.4) is 0 Å². The van der Waals surface area contributed by atoms with Crippen molar-refractivity contribution in [2.45, 2.75) is 44.9 Å². The van der Waals surface area contributed by atoms with E-state index in [2.05, 4.69) is 41.9 Å². The van der Waals surface area contributed by atoms with Gasteiger partial charge in [0.25, 0.3) is 0 Å². The van der Waals surface area contributed by atoms with Crippen LogP contribution in [0, 0.1) is 5.92 Å². The Morgan fingerprint density at radius 1 is 1.10 bits per heavy atom. The van der Waals surface area contributed by atoms with Gasteiger partial charge in [0.2, 0.25) is 0 Å². The van der Waals surface area contributed by atoms with Crippen LogP contribution in [0.25, 0.3) is 0 Å². The number of carbonyl (C=O) groups excluding carboxylic acids is 1. The average molecular weight is 492 g/mol. The van der Waals surface area contributed by atoms with Gasteiger partial charge in [-0.25, -0.2) is 13.2 Å². The van der Waals surface area contributed by atoms with Crippen LogP contribution < -0.4 is 0 Å². The van der Waals surface area contributed by atoms with Gasteiger partial charge in [0.1, 0.15) is 6.10 Å². The molecular formula is C23H26BrNO4S. The molecule has 0 aromatic heterocycles. The topological polar surface area (TPSA) is 63.7 Å². The number of hydrogen-bond donors (Lipinski definition) is 0. The van der Waals surface area contributed by atoms with Crippen LogP contribution in [0.5, 0.6) is 0 Å². The number of fused-ring (bicyclic) bond motifs is 1. The van der Waals surface area contributed by atoms with Gasteiger partial charge in [-0.05, 0) is 41.2 Å². The van der Waals surface area contributed by atoms with Crippen molar-refractivity contribution >= 4 is 31.9 Å². The summed E-state index contributed by atoms with van der Waals surface area (Å²) in [6, 6.07) is 15.5. The molecule has 0 bridgehead atoms. The van der Waals surface area contributed by atoms with E-state index in [4.69, 9.17) is 4.74 Å². The largest absolute Gasteiger partial charge is 0.444 e. The second-order valence-electron chi connectivity index (χ2n) is 8.61. The molecule has 2 aliphatic heterocycles. The molecule has 2 aliphatic rings. The molecule has 2 saturated heterocycles. The highest BCUT2D eigenvalue weighted by molar-refractivity contribution is 9.10. The van der Waals surface area contributed by atoms with Crippen LogP contribution in [0.4, 0.5) is 4.79 Å². The lowest BCUT2D eigenvalue weighted by atomic mass is 9.91. The summed E-state index contributed by atoms with van der Waals surface area (Å²) in [4.78, 5) is 14.3. The molecule has 7 heteroatoms. The third kappa shape index (κ3) is 4.57. The van der Waals surface area contributed by atoms with Gasteiger partial charge in [-0.3, -0.25) is 4.90 Å². The fourth-order valence-electron chi connectivity index (χ4n) is 4.49. The molecule has 0 radical (unpaired) electrons. The molecule has 5 nitrogen and oxygen atoms in total. The monoisotopic (exact) mass is 491 g/mol. The lowest BCUT2D eigenvalue weighted by Gasteiger charge is -2.34. The maximum absolute atomic E-state index is 12.7. The van der Waals surface area contributed by atoms with Crippen LogP contribution in [-0.4, -0.2) is 43.1 Å². The van der Waals surface area contributed by atoms with E-state index < -0.39 is 28.1 Å². The Bertz CT molecular complexity index is 1050. The first kappa shape index (κ1) is 21.4. The number of ether oxygens (including phenoxy) is 1. The van der Waals surface area contributed by atoms with Crippen molar-refractivity contribution in [2.75, 3.05) is 11.5 Å². The van der Waals surface area contributed by atoms with E-state index in [1.165, 1.54) is 5.56 Å². The van der Waals surface area contributed by atoms with E-state index in [-0.39, 0.29) is 17.4 Å². The number of rotatable bonds is 5. The molecule has 160 valence electrons. The van der Waals surface area contributed by atoms with Gasteiger partial charge in [0.05, 0.1) is 17.5 Å². The highest BCUT2D eigenvalue weighted by Crippen LogP contribution is 2.35.